The number of amides is 1. The van der Waals surface area contributed by atoms with E-state index in [-0.39, 0.29) is 5.57 Å². The zero-order valence-electron chi connectivity index (χ0n) is 17.2. The largest absolute Gasteiger partial charge is 0.493 e. The second-order valence-corrected chi connectivity index (χ2v) is 7.65. The monoisotopic (exact) mass is 476 g/mol. The summed E-state index contributed by atoms with van der Waals surface area (Å²) < 4.78 is 12.1. The average molecular weight is 477 g/mol. The number of rotatable bonds is 7. The highest BCUT2D eigenvalue weighted by atomic mass is 79.9. The van der Waals surface area contributed by atoms with Crippen molar-refractivity contribution in [2.45, 2.75) is 13.5 Å². The lowest BCUT2D eigenvalue weighted by molar-refractivity contribution is -0.112. The SMILES string of the molecule is COc1cc(/C=C(/C#N)C(=O)Nc2ccccc2)cc(Br)c1OCc1ccc(C)cc1. The van der Waals surface area contributed by atoms with Crippen molar-refractivity contribution in [3.05, 3.63) is 93.5 Å². The van der Waals surface area contributed by atoms with Gasteiger partial charge in [-0.05, 0) is 64.3 Å². The van der Waals surface area contributed by atoms with Crippen LogP contribution in [0.5, 0.6) is 11.5 Å². The van der Waals surface area contributed by atoms with Crippen molar-refractivity contribution in [2.75, 3.05) is 12.4 Å². The molecule has 0 heterocycles. The molecule has 3 aromatic carbocycles. The van der Waals surface area contributed by atoms with E-state index in [0.29, 0.717) is 33.8 Å². The third-order valence-corrected chi connectivity index (χ3v) is 5.05. The van der Waals surface area contributed by atoms with Crippen LogP contribution in [0.25, 0.3) is 6.08 Å². The van der Waals surface area contributed by atoms with Crippen LogP contribution in [0.15, 0.2) is 76.8 Å². The van der Waals surface area contributed by atoms with E-state index in [0.717, 1.165) is 5.56 Å². The molecule has 5 nitrogen and oxygen atoms in total. The van der Waals surface area contributed by atoms with Gasteiger partial charge in [-0.2, -0.15) is 5.26 Å². The van der Waals surface area contributed by atoms with Gasteiger partial charge in [-0.3, -0.25) is 4.79 Å². The van der Waals surface area contributed by atoms with E-state index in [1.165, 1.54) is 11.6 Å². The highest BCUT2D eigenvalue weighted by molar-refractivity contribution is 9.10. The molecule has 31 heavy (non-hydrogen) atoms. The summed E-state index contributed by atoms with van der Waals surface area (Å²) in [5.41, 5.74) is 3.45. The topological polar surface area (TPSA) is 71.3 Å². The first-order chi connectivity index (χ1) is 15.0. The molecule has 156 valence electrons. The van der Waals surface area contributed by atoms with Crippen molar-refractivity contribution in [1.82, 2.24) is 0 Å². The fourth-order valence-electron chi connectivity index (χ4n) is 2.84. The summed E-state index contributed by atoms with van der Waals surface area (Å²) in [4.78, 5) is 12.5. The van der Waals surface area contributed by atoms with Crippen LogP contribution in [0.1, 0.15) is 16.7 Å². The number of hydrogen-bond donors (Lipinski definition) is 1. The first-order valence-electron chi connectivity index (χ1n) is 9.54. The molecule has 1 N–H and O–H groups in total. The molecule has 0 radical (unpaired) electrons. The third kappa shape index (κ3) is 5.97. The molecule has 3 aromatic rings. The minimum atomic E-state index is -0.483. The molecular formula is C25H21BrN2O3. The average Bonchev–Trinajstić information content (AvgIpc) is 2.78. The van der Waals surface area contributed by atoms with Crippen molar-refractivity contribution in [3.8, 4) is 17.6 Å². The molecule has 0 aromatic heterocycles. The predicted octanol–water partition coefficient (Wildman–Crippen LogP) is 5.89. The number of halogens is 1. The van der Waals surface area contributed by atoms with Gasteiger partial charge >= 0.3 is 0 Å². The molecule has 3 rings (SSSR count). The number of methoxy groups -OCH3 is 1. The fraction of sp³-hybridized carbons (Fsp3) is 0.120. The van der Waals surface area contributed by atoms with Gasteiger partial charge in [-0.15, -0.1) is 0 Å². The molecule has 0 aliphatic rings. The van der Waals surface area contributed by atoms with Crippen LogP contribution in [-0.2, 0) is 11.4 Å². The minimum absolute atomic E-state index is 0.0221. The number of aryl methyl sites for hydroxylation is 1. The number of ether oxygens (including phenoxy) is 2. The van der Waals surface area contributed by atoms with Gasteiger partial charge in [-0.25, -0.2) is 0 Å². The first-order valence-corrected chi connectivity index (χ1v) is 10.3. The summed E-state index contributed by atoms with van der Waals surface area (Å²) in [6, 6.07) is 22.5. The van der Waals surface area contributed by atoms with Gasteiger partial charge in [0.15, 0.2) is 11.5 Å². The molecule has 1 amide bonds. The highest BCUT2D eigenvalue weighted by Crippen LogP contribution is 2.37. The second-order valence-electron chi connectivity index (χ2n) is 6.80. The number of benzene rings is 3. The molecule has 0 aliphatic heterocycles. The lowest BCUT2D eigenvalue weighted by atomic mass is 10.1. The Morgan fingerprint density at radius 3 is 2.48 bits per heavy atom. The van der Waals surface area contributed by atoms with E-state index in [1.54, 1.807) is 31.4 Å². The molecule has 6 heteroatoms. The Balaban J connectivity index is 1.81. The first kappa shape index (κ1) is 22.1. The van der Waals surface area contributed by atoms with E-state index in [9.17, 15) is 10.1 Å². The maximum atomic E-state index is 12.5. The zero-order valence-corrected chi connectivity index (χ0v) is 18.8. The zero-order chi connectivity index (χ0) is 22.2. The number of para-hydroxylation sites is 1. The Labute approximate surface area is 190 Å². The van der Waals surface area contributed by atoms with E-state index in [4.69, 9.17) is 9.47 Å². The van der Waals surface area contributed by atoms with Crippen LogP contribution in [0.3, 0.4) is 0 Å². The number of nitrogens with one attached hydrogen (secondary N) is 1. The Bertz CT molecular complexity index is 1130. The summed E-state index contributed by atoms with van der Waals surface area (Å²) in [5.74, 6) is 0.560. The second kappa shape index (κ2) is 10.5. The number of carbonyl (C=O) groups is 1. The van der Waals surface area contributed by atoms with Crippen molar-refractivity contribution in [1.29, 1.82) is 5.26 Å². The van der Waals surface area contributed by atoms with Crippen molar-refractivity contribution in [2.24, 2.45) is 0 Å². The van der Waals surface area contributed by atoms with Gasteiger partial charge in [0, 0.05) is 5.69 Å². The normalized spacial score (nSPS) is 10.8. The molecular weight excluding hydrogens is 456 g/mol. The van der Waals surface area contributed by atoms with E-state index >= 15 is 0 Å². The summed E-state index contributed by atoms with van der Waals surface area (Å²) in [6.07, 6.45) is 1.51. The van der Waals surface area contributed by atoms with Crippen molar-refractivity contribution >= 4 is 33.6 Å². The van der Waals surface area contributed by atoms with E-state index in [1.807, 2.05) is 55.5 Å². The number of hydrogen-bond acceptors (Lipinski definition) is 4. The molecule has 0 atom stereocenters. The van der Waals surface area contributed by atoms with E-state index < -0.39 is 5.91 Å². The number of anilines is 1. The van der Waals surface area contributed by atoms with Crippen molar-refractivity contribution in [3.63, 3.8) is 0 Å². The Morgan fingerprint density at radius 1 is 1.13 bits per heavy atom. The highest BCUT2D eigenvalue weighted by Gasteiger charge is 2.14. The van der Waals surface area contributed by atoms with Crippen LogP contribution in [-0.4, -0.2) is 13.0 Å². The van der Waals surface area contributed by atoms with Crippen LogP contribution < -0.4 is 14.8 Å². The van der Waals surface area contributed by atoms with Gasteiger partial charge in [0.25, 0.3) is 5.91 Å². The van der Waals surface area contributed by atoms with Crippen molar-refractivity contribution < 1.29 is 14.3 Å². The van der Waals surface area contributed by atoms with Crippen LogP contribution in [0.2, 0.25) is 0 Å². The smallest absolute Gasteiger partial charge is 0.266 e. The summed E-state index contributed by atoms with van der Waals surface area (Å²) in [5, 5.41) is 12.2. The lowest BCUT2D eigenvalue weighted by Crippen LogP contribution is -2.13. The minimum Gasteiger partial charge on any atom is -0.493 e. The third-order valence-electron chi connectivity index (χ3n) is 4.46. The Morgan fingerprint density at radius 2 is 1.84 bits per heavy atom. The summed E-state index contributed by atoms with van der Waals surface area (Å²) >= 11 is 3.51. The maximum Gasteiger partial charge on any atom is 0.266 e. The van der Waals surface area contributed by atoms with Crippen LogP contribution in [0.4, 0.5) is 5.69 Å². The Kier molecular flexibility index (Phi) is 7.47. The summed E-state index contributed by atoms with van der Waals surface area (Å²) in [6.45, 7) is 2.42. The van der Waals surface area contributed by atoms with Crippen LogP contribution in [0, 0.1) is 18.3 Å². The molecule has 0 aliphatic carbocycles. The molecule has 0 saturated carbocycles. The standard InChI is InChI=1S/C25H21BrN2O3/c1-17-8-10-18(11-9-17)16-31-24-22(26)13-19(14-23(24)30-2)12-20(15-27)25(29)28-21-6-4-3-5-7-21/h3-14H,16H2,1-2H3,(H,28,29)/b20-12-. The molecule has 0 saturated heterocycles. The lowest BCUT2D eigenvalue weighted by Gasteiger charge is -2.14. The fourth-order valence-corrected chi connectivity index (χ4v) is 3.41. The van der Waals surface area contributed by atoms with Crippen LogP contribution >= 0.6 is 15.9 Å². The number of carbonyl (C=O) groups excluding carboxylic acids is 1. The molecule has 0 unspecified atom stereocenters. The van der Waals surface area contributed by atoms with Gasteiger partial charge in [0.2, 0.25) is 0 Å². The van der Waals surface area contributed by atoms with Gasteiger partial charge < -0.3 is 14.8 Å². The quantitative estimate of drug-likeness (QED) is 0.340. The van der Waals surface area contributed by atoms with Gasteiger partial charge in [0.05, 0.1) is 11.6 Å². The number of nitrogens with zero attached hydrogens (tertiary/aromatic N) is 1. The van der Waals surface area contributed by atoms with Gasteiger partial charge in [0.1, 0.15) is 18.2 Å². The molecule has 0 fully saturated rings. The molecule has 0 spiro atoms. The Hall–Kier alpha value is -3.56. The maximum absolute atomic E-state index is 12.5. The predicted molar refractivity (Wildman–Crippen MR) is 125 cm³/mol. The van der Waals surface area contributed by atoms with Gasteiger partial charge in [-0.1, -0.05) is 48.0 Å². The summed E-state index contributed by atoms with van der Waals surface area (Å²) in [7, 11) is 1.54. The van der Waals surface area contributed by atoms with E-state index in [2.05, 4.69) is 21.2 Å². The number of nitriles is 1. The molecule has 0 bridgehead atoms.